The van der Waals surface area contributed by atoms with Crippen molar-refractivity contribution < 1.29 is 17.5 Å². The summed E-state index contributed by atoms with van der Waals surface area (Å²) >= 11 is 0. The van der Waals surface area contributed by atoms with Gasteiger partial charge >= 0.3 is 0 Å². The number of ether oxygens (including phenoxy) is 1. The Morgan fingerprint density at radius 1 is 1.13 bits per heavy atom. The SMILES string of the molecule is CCNC(=NCc1cc(F)ccc1CS(C)(=O)=O)NCC1(c2ccc(OC)cc2)CC1. The Kier molecular flexibility index (Phi) is 7.20. The van der Waals surface area contributed by atoms with Crippen LogP contribution in [0.3, 0.4) is 0 Å². The highest BCUT2D eigenvalue weighted by Crippen LogP contribution is 2.47. The molecule has 0 spiro atoms. The van der Waals surface area contributed by atoms with E-state index in [-0.39, 0.29) is 17.7 Å². The molecule has 1 saturated carbocycles. The van der Waals surface area contributed by atoms with Crippen LogP contribution in [0.15, 0.2) is 47.5 Å². The van der Waals surface area contributed by atoms with E-state index in [0.717, 1.165) is 25.1 Å². The van der Waals surface area contributed by atoms with Crippen molar-refractivity contribution in [1.29, 1.82) is 0 Å². The maximum absolute atomic E-state index is 13.8. The average Bonchev–Trinajstić information content (AvgIpc) is 3.52. The summed E-state index contributed by atoms with van der Waals surface area (Å²) in [5, 5.41) is 6.61. The standard InChI is InChI=1S/C23H30FN3O3S/c1-4-25-22(26-14-18-13-20(24)8-5-17(18)15-31(3,28)29)27-16-23(11-12-23)19-6-9-21(30-2)10-7-19/h5-10,13H,4,11-12,14-16H2,1-3H3,(H2,25,26,27). The van der Waals surface area contributed by atoms with E-state index in [1.807, 2.05) is 19.1 Å². The van der Waals surface area contributed by atoms with E-state index in [2.05, 4.69) is 27.8 Å². The maximum atomic E-state index is 13.8. The molecule has 0 aromatic heterocycles. The van der Waals surface area contributed by atoms with Gasteiger partial charge in [-0.1, -0.05) is 18.2 Å². The summed E-state index contributed by atoms with van der Waals surface area (Å²) < 4.78 is 42.4. The van der Waals surface area contributed by atoms with Crippen LogP contribution < -0.4 is 15.4 Å². The summed E-state index contributed by atoms with van der Waals surface area (Å²) in [5.41, 5.74) is 2.47. The predicted molar refractivity (Wildman–Crippen MR) is 122 cm³/mol. The van der Waals surface area contributed by atoms with E-state index in [1.165, 1.54) is 30.0 Å². The topological polar surface area (TPSA) is 79.8 Å². The van der Waals surface area contributed by atoms with Gasteiger partial charge in [0.05, 0.1) is 19.4 Å². The molecule has 1 fully saturated rings. The van der Waals surface area contributed by atoms with Gasteiger partial charge in [0.2, 0.25) is 0 Å². The number of hydrogen-bond acceptors (Lipinski definition) is 4. The molecule has 1 aliphatic carbocycles. The normalized spacial score (nSPS) is 15.4. The molecular formula is C23H30FN3O3S. The molecule has 31 heavy (non-hydrogen) atoms. The van der Waals surface area contributed by atoms with Crippen molar-refractivity contribution in [1.82, 2.24) is 10.6 Å². The summed E-state index contributed by atoms with van der Waals surface area (Å²) in [6.07, 6.45) is 3.35. The van der Waals surface area contributed by atoms with Crippen LogP contribution in [0, 0.1) is 5.82 Å². The Labute approximate surface area is 183 Å². The van der Waals surface area contributed by atoms with Gasteiger partial charge < -0.3 is 15.4 Å². The summed E-state index contributed by atoms with van der Waals surface area (Å²) in [4.78, 5) is 4.58. The van der Waals surface area contributed by atoms with Crippen molar-refractivity contribution in [2.24, 2.45) is 4.99 Å². The Bertz CT molecular complexity index is 1030. The highest BCUT2D eigenvalue weighted by molar-refractivity contribution is 7.89. The van der Waals surface area contributed by atoms with Gasteiger partial charge in [-0.3, -0.25) is 0 Å². The van der Waals surface area contributed by atoms with Crippen LogP contribution >= 0.6 is 0 Å². The lowest BCUT2D eigenvalue weighted by molar-refractivity contribution is 0.414. The predicted octanol–water partition coefficient (Wildman–Crippen LogP) is 3.17. The molecular weight excluding hydrogens is 417 g/mol. The number of aliphatic imine (C=N–C) groups is 1. The maximum Gasteiger partial charge on any atom is 0.191 e. The Balaban J connectivity index is 1.72. The number of sulfone groups is 1. The third-order valence-electron chi connectivity index (χ3n) is 5.49. The fourth-order valence-electron chi connectivity index (χ4n) is 3.59. The zero-order chi connectivity index (χ0) is 22.5. The molecule has 0 heterocycles. The zero-order valence-corrected chi connectivity index (χ0v) is 19.1. The van der Waals surface area contributed by atoms with E-state index >= 15 is 0 Å². The average molecular weight is 448 g/mol. The lowest BCUT2D eigenvalue weighted by atomic mass is 9.96. The summed E-state index contributed by atoms with van der Waals surface area (Å²) in [5.74, 6) is 0.916. The van der Waals surface area contributed by atoms with Gasteiger partial charge in [0, 0.05) is 24.8 Å². The molecule has 0 atom stereocenters. The Hall–Kier alpha value is -2.61. The molecule has 2 aromatic rings. The summed E-state index contributed by atoms with van der Waals surface area (Å²) in [6, 6.07) is 12.3. The van der Waals surface area contributed by atoms with Gasteiger partial charge in [-0.25, -0.2) is 17.8 Å². The second-order valence-electron chi connectivity index (χ2n) is 8.04. The number of methoxy groups -OCH3 is 1. The van der Waals surface area contributed by atoms with Crippen molar-refractivity contribution in [3.8, 4) is 5.75 Å². The number of benzene rings is 2. The molecule has 0 saturated heterocycles. The lowest BCUT2D eigenvalue weighted by Crippen LogP contribution is -2.41. The number of hydrogen-bond donors (Lipinski definition) is 2. The largest absolute Gasteiger partial charge is 0.497 e. The first kappa shape index (κ1) is 23.1. The second kappa shape index (κ2) is 9.68. The molecule has 0 unspecified atom stereocenters. The van der Waals surface area contributed by atoms with Gasteiger partial charge in [0.1, 0.15) is 11.6 Å². The van der Waals surface area contributed by atoms with Crippen LogP contribution in [0.5, 0.6) is 5.75 Å². The molecule has 8 heteroatoms. The molecule has 6 nitrogen and oxygen atoms in total. The lowest BCUT2D eigenvalue weighted by Gasteiger charge is -2.19. The number of nitrogens with one attached hydrogen (secondary N) is 2. The van der Waals surface area contributed by atoms with Crippen LogP contribution in [0.4, 0.5) is 4.39 Å². The molecule has 0 radical (unpaired) electrons. The fourth-order valence-corrected chi connectivity index (χ4v) is 4.43. The quantitative estimate of drug-likeness (QED) is 0.456. The van der Waals surface area contributed by atoms with Gasteiger partial charge in [0.15, 0.2) is 15.8 Å². The zero-order valence-electron chi connectivity index (χ0n) is 18.2. The summed E-state index contributed by atoms with van der Waals surface area (Å²) in [7, 11) is -1.57. The van der Waals surface area contributed by atoms with E-state index in [4.69, 9.17) is 4.74 Å². The molecule has 168 valence electrons. The van der Waals surface area contributed by atoms with E-state index < -0.39 is 15.7 Å². The molecule has 2 aromatic carbocycles. The minimum Gasteiger partial charge on any atom is -0.497 e. The Morgan fingerprint density at radius 3 is 2.42 bits per heavy atom. The van der Waals surface area contributed by atoms with Gasteiger partial charge in [0.25, 0.3) is 0 Å². The van der Waals surface area contributed by atoms with E-state index in [0.29, 0.717) is 23.6 Å². The van der Waals surface area contributed by atoms with Gasteiger partial charge in [-0.05, 0) is 60.7 Å². The second-order valence-corrected chi connectivity index (χ2v) is 10.2. The van der Waals surface area contributed by atoms with Crippen molar-refractivity contribution >= 4 is 15.8 Å². The van der Waals surface area contributed by atoms with Crippen LogP contribution in [0.1, 0.15) is 36.5 Å². The van der Waals surface area contributed by atoms with Crippen LogP contribution in [0.25, 0.3) is 0 Å². The first-order valence-corrected chi connectivity index (χ1v) is 12.4. The van der Waals surface area contributed by atoms with Gasteiger partial charge in [-0.15, -0.1) is 0 Å². The van der Waals surface area contributed by atoms with E-state index in [1.54, 1.807) is 7.11 Å². The van der Waals surface area contributed by atoms with Gasteiger partial charge in [-0.2, -0.15) is 0 Å². The third-order valence-corrected chi connectivity index (χ3v) is 6.32. The summed E-state index contributed by atoms with van der Waals surface area (Å²) in [6.45, 7) is 3.57. The number of guanidine groups is 1. The highest BCUT2D eigenvalue weighted by Gasteiger charge is 2.44. The van der Waals surface area contributed by atoms with Crippen molar-refractivity contribution in [3.63, 3.8) is 0 Å². The van der Waals surface area contributed by atoms with Crippen molar-refractivity contribution in [2.45, 2.75) is 37.5 Å². The molecule has 2 N–H and O–H groups in total. The van der Waals surface area contributed by atoms with Crippen molar-refractivity contribution in [2.75, 3.05) is 26.5 Å². The monoisotopic (exact) mass is 447 g/mol. The highest BCUT2D eigenvalue weighted by atomic mass is 32.2. The van der Waals surface area contributed by atoms with E-state index in [9.17, 15) is 12.8 Å². The third kappa shape index (κ3) is 6.43. The Morgan fingerprint density at radius 2 is 1.84 bits per heavy atom. The molecule has 0 bridgehead atoms. The molecule has 3 rings (SSSR count). The number of nitrogens with zero attached hydrogens (tertiary/aromatic N) is 1. The molecule has 0 aliphatic heterocycles. The fraction of sp³-hybridized carbons (Fsp3) is 0.435. The van der Waals surface area contributed by atoms with Crippen LogP contribution in [-0.2, 0) is 27.5 Å². The van der Waals surface area contributed by atoms with Crippen molar-refractivity contribution in [3.05, 3.63) is 65.0 Å². The smallest absolute Gasteiger partial charge is 0.191 e. The molecule has 1 aliphatic rings. The number of rotatable bonds is 9. The molecule has 0 amide bonds. The van der Waals surface area contributed by atoms with Crippen LogP contribution in [-0.4, -0.2) is 40.8 Å². The first-order chi connectivity index (χ1) is 14.7. The minimum atomic E-state index is -3.23. The minimum absolute atomic E-state index is 0.0722. The number of halogens is 1. The first-order valence-electron chi connectivity index (χ1n) is 10.4. The van der Waals surface area contributed by atoms with Crippen LogP contribution in [0.2, 0.25) is 0 Å².